The molecular weight excluding hydrogens is 464 g/mol. The van der Waals surface area contributed by atoms with Crippen LogP contribution in [0.15, 0.2) is 52.4 Å². The van der Waals surface area contributed by atoms with Crippen molar-refractivity contribution in [1.82, 2.24) is 24.5 Å². The SMILES string of the molecule is COc1ccc(C)cc1-n1c(=O)c2ccccc2n2c(SCC(=O)NC(C)(C#N)C(C)C)nnc12. The summed E-state index contributed by atoms with van der Waals surface area (Å²) in [5.74, 6) is 0.521. The van der Waals surface area contributed by atoms with Crippen LogP contribution in [0.25, 0.3) is 22.4 Å². The lowest BCUT2D eigenvalue weighted by Crippen LogP contribution is -2.49. The molecule has 1 unspecified atom stereocenters. The Morgan fingerprint density at radius 2 is 2.00 bits per heavy atom. The van der Waals surface area contributed by atoms with Gasteiger partial charge >= 0.3 is 0 Å². The van der Waals surface area contributed by atoms with Gasteiger partial charge in [0, 0.05) is 0 Å². The van der Waals surface area contributed by atoms with Gasteiger partial charge in [-0.25, -0.2) is 4.57 Å². The maximum Gasteiger partial charge on any atom is 0.267 e. The molecule has 180 valence electrons. The van der Waals surface area contributed by atoms with Crippen molar-refractivity contribution in [3.05, 3.63) is 58.4 Å². The molecule has 0 radical (unpaired) electrons. The number of benzene rings is 2. The third kappa shape index (κ3) is 4.35. The number of ether oxygens (including phenoxy) is 1. The van der Waals surface area contributed by atoms with Crippen molar-refractivity contribution in [3.63, 3.8) is 0 Å². The van der Waals surface area contributed by atoms with E-state index in [-0.39, 0.29) is 23.1 Å². The summed E-state index contributed by atoms with van der Waals surface area (Å²) in [5.41, 5.74) is 0.916. The average Bonchev–Trinajstić information content (AvgIpc) is 3.26. The third-order valence-electron chi connectivity index (χ3n) is 6.09. The first-order valence-electron chi connectivity index (χ1n) is 11.1. The standard InChI is InChI=1S/C25H26N6O3S/c1-15(2)25(4,14-26)27-21(32)13-35-24-29-28-23-30(19-12-16(3)10-11-20(19)34-5)22(33)17-8-6-7-9-18(17)31(23)24/h6-12,15H,13H2,1-5H3,(H,27,32). The number of nitriles is 1. The van der Waals surface area contributed by atoms with Crippen LogP contribution in [0.1, 0.15) is 26.3 Å². The molecule has 2 aromatic carbocycles. The molecule has 0 aliphatic heterocycles. The maximum atomic E-state index is 13.6. The van der Waals surface area contributed by atoms with Crippen molar-refractivity contribution in [3.8, 4) is 17.5 Å². The Morgan fingerprint density at radius 3 is 2.69 bits per heavy atom. The highest BCUT2D eigenvalue weighted by Crippen LogP contribution is 2.28. The highest BCUT2D eigenvalue weighted by Gasteiger charge is 2.30. The molecule has 0 aliphatic rings. The summed E-state index contributed by atoms with van der Waals surface area (Å²) in [7, 11) is 1.55. The number of nitrogens with one attached hydrogen (secondary N) is 1. The topological polar surface area (TPSA) is 114 Å². The molecule has 0 fully saturated rings. The van der Waals surface area contributed by atoms with Crippen LogP contribution in [0.4, 0.5) is 0 Å². The van der Waals surface area contributed by atoms with Crippen LogP contribution < -0.4 is 15.6 Å². The normalized spacial score (nSPS) is 13.1. The molecule has 2 heterocycles. The van der Waals surface area contributed by atoms with Gasteiger partial charge in [-0.2, -0.15) is 5.26 Å². The predicted octanol–water partition coefficient (Wildman–Crippen LogP) is 3.50. The van der Waals surface area contributed by atoms with E-state index in [1.54, 1.807) is 36.6 Å². The maximum absolute atomic E-state index is 13.6. The zero-order chi connectivity index (χ0) is 25.3. The third-order valence-corrected chi connectivity index (χ3v) is 7.02. The largest absolute Gasteiger partial charge is 0.495 e. The summed E-state index contributed by atoms with van der Waals surface area (Å²) in [6, 6.07) is 14.9. The van der Waals surface area contributed by atoms with Gasteiger partial charge in [0.15, 0.2) is 5.16 Å². The van der Waals surface area contributed by atoms with Gasteiger partial charge in [-0.1, -0.05) is 43.8 Å². The van der Waals surface area contributed by atoms with Crippen LogP contribution >= 0.6 is 11.8 Å². The Bertz CT molecular complexity index is 1530. The number of aryl methyl sites for hydroxylation is 1. The number of hydrogen-bond donors (Lipinski definition) is 1. The number of methoxy groups -OCH3 is 1. The minimum Gasteiger partial charge on any atom is -0.495 e. The van der Waals surface area contributed by atoms with E-state index in [1.807, 2.05) is 45.0 Å². The molecule has 9 nitrogen and oxygen atoms in total. The predicted molar refractivity (Wildman–Crippen MR) is 135 cm³/mol. The average molecular weight is 491 g/mol. The van der Waals surface area contributed by atoms with Crippen LogP contribution in [-0.2, 0) is 4.79 Å². The van der Waals surface area contributed by atoms with Crippen molar-refractivity contribution >= 4 is 34.3 Å². The second-order valence-corrected chi connectivity index (χ2v) is 9.70. The lowest BCUT2D eigenvalue weighted by molar-refractivity contribution is -0.120. The number of rotatable bonds is 7. The fraction of sp³-hybridized carbons (Fsp3) is 0.320. The van der Waals surface area contributed by atoms with Gasteiger partial charge < -0.3 is 10.1 Å². The van der Waals surface area contributed by atoms with E-state index in [0.29, 0.717) is 33.3 Å². The summed E-state index contributed by atoms with van der Waals surface area (Å²) in [4.78, 5) is 26.2. The molecule has 0 aliphatic carbocycles. The zero-order valence-electron chi connectivity index (χ0n) is 20.2. The lowest BCUT2D eigenvalue weighted by Gasteiger charge is -2.27. The van der Waals surface area contributed by atoms with Crippen molar-refractivity contribution < 1.29 is 9.53 Å². The summed E-state index contributed by atoms with van der Waals surface area (Å²) in [6.07, 6.45) is 0. The molecule has 0 saturated carbocycles. The summed E-state index contributed by atoms with van der Waals surface area (Å²) < 4.78 is 8.78. The number of thioether (sulfide) groups is 1. The van der Waals surface area contributed by atoms with Crippen LogP contribution in [-0.4, -0.2) is 43.5 Å². The Hall–Kier alpha value is -3.84. The van der Waals surface area contributed by atoms with Crippen LogP contribution in [0, 0.1) is 24.2 Å². The number of para-hydroxylation sites is 1. The van der Waals surface area contributed by atoms with E-state index < -0.39 is 5.54 Å². The monoisotopic (exact) mass is 490 g/mol. The lowest BCUT2D eigenvalue weighted by atomic mass is 9.90. The second kappa shape index (κ2) is 9.43. The van der Waals surface area contributed by atoms with E-state index in [9.17, 15) is 14.9 Å². The van der Waals surface area contributed by atoms with Crippen LogP contribution in [0.2, 0.25) is 0 Å². The number of carbonyl (C=O) groups excluding carboxylic acids is 1. The van der Waals surface area contributed by atoms with Crippen molar-refractivity contribution in [2.75, 3.05) is 12.9 Å². The van der Waals surface area contributed by atoms with E-state index in [2.05, 4.69) is 21.6 Å². The van der Waals surface area contributed by atoms with Gasteiger partial charge in [0.25, 0.3) is 5.56 Å². The van der Waals surface area contributed by atoms with Crippen molar-refractivity contribution in [1.29, 1.82) is 5.26 Å². The Labute approximate surface area is 206 Å². The van der Waals surface area contributed by atoms with Gasteiger partial charge in [-0.3, -0.25) is 14.0 Å². The molecule has 0 spiro atoms. The van der Waals surface area contributed by atoms with Crippen molar-refractivity contribution in [2.45, 2.75) is 38.4 Å². The first-order chi connectivity index (χ1) is 16.7. The molecule has 4 aromatic rings. The number of nitrogens with zero attached hydrogens (tertiary/aromatic N) is 5. The second-order valence-electron chi connectivity index (χ2n) is 8.76. The Morgan fingerprint density at radius 1 is 1.26 bits per heavy atom. The number of carbonyl (C=O) groups is 1. The van der Waals surface area contributed by atoms with Crippen LogP contribution in [0.3, 0.4) is 0 Å². The van der Waals surface area contributed by atoms with E-state index in [0.717, 1.165) is 5.56 Å². The fourth-order valence-electron chi connectivity index (χ4n) is 3.72. The summed E-state index contributed by atoms with van der Waals surface area (Å²) in [5, 5.41) is 21.9. The molecule has 4 rings (SSSR count). The molecule has 1 atom stereocenters. The first kappa shape index (κ1) is 24.3. The molecule has 2 aromatic heterocycles. The first-order valence-corrected chi connectivity index (χ1v) is 12.1. The number of fused-ring (bicyclic) bond motifs is 3. The van der Waals surface area contributed by atoms with E-state index in [4.69, 9.17) is 4.74 Å². The minimum absolute atomic E-state index is 0.0337. The zero-order valence-corrected chi connectivity index (χ0v) is 21.0. The highest BCUT2D eigenvalue weighted by molar-refractivity contribution is 7.99. The van der Waals surface area contributed by atoms with Gasteiger partial charge in [0.1, 0.15) is 11.3 Å². The van der Waals surface area contributed by atoms with E-state index >= 15 is 0 Å². The van der Waals surface area contributed by atoms with Gasteiger partial charge in [-0.15, -0.1) is 10.2 Å². The smallest absolute Gasteiger partial charge is 0.267 e. The van der Waals surface area contributed by atoms with Crippen molar-refractivity contribution in [2.24, 2.45) is 5.92 Å². The fourth-order valence-corrected chi connectivity index (χ4v) is 4.46. The molecule has 35 heavy (non-hydrogen) atoms. The van der Waals surface area contributed by atoms with Gasteiger partial charge in [0.2, 0.25) is 11.7 Å². The minimum atomic E-state index is -0.973. The van der Waals surface area contributed by atoms with Gasteiger partial charge in [0.05, 0.1) is 35.5 Å². The Balaban J connectivity index is 1.83. The molecule has 1 N–H and O–H groups in total. The molecule has 0 saturated heterocycles. The van der Waals surface area contributed by atoms with E-state index in [1.165, 1.54) is 16.3 Å². The molecular formula is C25H26N6O3S. The number of amides is 1. The number of hydrogen-bond acceptors (Lipinski definition) is 7. The quantitative estimate of drug-likeness (QED) is 0.394. The number of aromatic nitrogens is 4. The highest BCUT2D eigenvalue weighted by atomic mass is 32.2. The summed E-state index contributed by atoms with van der Waals surface area (Å²) in [6.45, 7) is 7.40. The molecule has 10 heteroatoms. The molecule has 1 amide bonds. The Kier molecular flexibility index (Phi) is 6.54. The molecule has 0 bridgehead atoms. The van der Waals surface area contributed by atoms with Crippen LogP contribution in [0.5, 0.6) is 5.75 Å². The summed E-state index contributed by atoms with van der Waals surface area (Å²) >= 11 is 1.19. The van der Waals surface area contributed by atoms with Gasteiger partial charge in [-0.05, 0) is 49.6 Å².